The maximum Gasteiger partial charge on any atom is 0.332 e. The predicted molar refractivity (Wildman–Crippen MR) is 77.7 cm³/mol. The second-order valence-electron chi connectivity index (χ2n) is 4.08. The van der Waals surface area contributed by atoms with E-state index in [-0.39, 0.29) is 5.69 Å². The molecule has 1 heterocycles. The van der Waals surface area contributed by atoms with Gasteiger partial charge in [0.25, 0.3) is 5.69 Å². The number of methoxy groups -OCH3 is 1. The predicted octanol–water partition coefficient (Wildman–Crippen LogP) is 1.87. The van der Waals surface area contributed by atoms with Gasteiger partial charge in [-0.25, -0.2) is 10.2 Å². The number of hydrazone groups is 1. The number of non-ortho nitro benzene ring substituents is 1. The maximum absolute atomic E-state index is 10.9. The van der Waals surface area contributed by atoms with Gasteiger partial charge in [-0.15, -0.1) is 0 Å². The third-order valence-corrected chi connectivity index (χ3v) is 2.65. The van der Waals surface area contributed by atoms with E-state index in [0.29, 0.717) is 22.8 Å². The number of nitrogens with one attached hydrogen (secondary N) is 1. The van der Waals surface area contributed by atoms with Crippen LogP contribution in [0.5, 0.6) is 5.75 Å². The largest absolute Gasteiger partial charge is 0.496 e. The Morgan fingerprint density at radius 2 is 2.23 bits per heavy atom. The molecule has 0 aliphatic rings. The summed E-state index contributed by atoms with van der Waals surface area (Å²) < 4.78 is 10.7. The highest BCUT2D eigenvalue weighted by molar-refractivity contribution is 5.80. The first-order valence-corrected chi connectivity index (χ1v) is 6.02. The Morgan fingerprint density at radius 1 is 1.45 bits per heavy atom. The van der Waals surface area contributed by atoms with Crippen molar-refractivity contribution in [2.24, 2.45) is 10.8 Å². The number of amides is 2. The summed E-state index contributed by atoms with van der Waals surface area (Å²) in [5.74, 6) is 1.12. The van der Waals surface area contributed by atoms with E-state index >= 15 is 0 Å². The SMILES string of the molecule is COc1ccc([N+](=O)[O-])cc1-c1ccc(/C=N/NC(N)=O)o1. The molecule has 114 valence electrons. The molecule has 1 aromatic heterocycles. The van der Waals surface area contributed by atoms with Crippen LogP contribution < -0.4 is 15.9 Å². The Kier molecular flexibility index (Phi) is 4.37. The van der Waals surface area contributed by atoms with Crippen LogP contribution in [0.25, 0.3) is 11.3 Å². The van der Waals surface area contributed by atoms with Crippen molar-refractivity contribution in [2.45, 2.75) is 0 Å². The van der Waals surface area contributed by atoms with E-state index in [2.05, 4.69) is 5.10 Å². The lowest BCUT2D eigenvalue weighted by Crippen LogP contribution is -2.24. The zero-order valence-electron chi connectivity index (χ0n) is 11.5. The normalized spacial score (nSPS) is 10.6. The minimum atomic E-state index is -0.802. The van der Waals surface area contributed by atoms with Crippen LogP contribution in [0.1, 0.15) is 5.76 Å². The van der Waals surface area contributed by atoms with E-state index in [9.17, 15) is 14.9 Å². The van der Waals surface area contributed by atoms with Crippen LogP contribution >= 0.6 is 0 Å². The summed E-state index contributed by atoms with van der Waals surface area (Å²) in [7, 11) is 1.45. The molecule has 2 aromatic rings. The van der Waals surface area contributed by atoms with Gasteiger partial charge in [-0.2, -0.15) is 5.10 Å². The summed E-state index contributed by atoms with van der Waals surface area (Å²) in [5, 5.41) is 14.4. The number of urea groups is 1. The Balaban J connectivity index is 2.33. The van der Waals surface area contributed by atoms with Crippen molar-refractivity contribution in [1.29, 1.82) is 0 Å². The lowest BCUT2D eigenvalue weighted by Gasteiger charge is -2.05. The second-order valence-corrected chi connectivity index (χ2v) is 4.08. The zero-order chi connectivity index (χ0) is 16.1. The van der Waals surface area contributed by atoms with Gasteiger partial charge in [-0.3, -0.25) is 10.1 Å². The van der Waals surface area contributed by atoms with Crippen LogP contribution in [0.15, 0.2) is 39.9 Å². The topological polar surface area (TPSA) is 133 Å². The molecule has 3 N–H and O–H groups in total. The fourth-order valence-electron chi connectivity index (χ4n) is 1.73. The number of nitro groups is 1. The summed E-state index contributed by atoms with van der Waals surface area (Å²) >= 11 is 0. The van der Waals surface area contributed by atoms with Gasteiger partial charge in [-0.05, 0) is 18.2 Å². The standard InChI is InChI=1S/C13H12N4O5/c1-21-11-4-2-8(17(19)20)6-10(11)12-5-3-9(22-12)7-15-16-13(14)18/h2-7H,1H3,(H3,14,16,18)/b15-7+. The van der Waals surface area contributed by atoms with Gasteiger partial charge in [0.2, 0.25) is 0 Å². The Bertz CT molecular complexity index is 738. The average Bonchev–Trinajstić information content (AvgIpc) is 2.94. The lowest BCUT2D eigenvalue weighted by atomic mass is 10.1. The molecule has 0 saturated heterocycles. The van der Waals surface area contributed by atoms with E-state index in [1.807, 2.05) is 5.43 Å². The van der Waals surface area contributed by atoms with E-state index in [1.165, 1.54) is 31.5 Å². The Morgan fingerprint density at radius 3 is 2.86 bits per heavy atom. The molecule has 0 aliphatic heterocycles. The van der Waals surface area contributed by atoms with E-state index in [0.717, 1.165) is 0 Å². The Labute approximate surface area is 124 Å². The summed E-state index contributed by atoms with van der Waals surface area (Å²) in [6, 6.07) is 6.55. The van der Waals surface area contributed by atoms with Gasteiger partial charge in [0.15, 0.2) is 0 Å². The van der Waals surface area contributed by atoms with Gasteiger partial charge in [-0.1, -0.05) is 0 Å². The molecule has 2 amide bonds. The molecule has 0 fully saturated rings. The van der Waals surface area contributed by atoms with Crippen LogP contribution in [0, 0.1) is 10.1 Å². The molecule has 22 heavy (non-hydrogen) atoms. The highest BCUT2D eigenvalue weighted by Crippen LogP contribution is 2.34. The number of nitrogens with zero attached hydrogens (tertiary/aromatic N) is 2. The molecule has 0 saturated carbocycles. The highest BCUT2D eigenvalue weighted by atomic mass is 16.6. The molecule has 0 aliphatic carbocycles. The number of hydrogen-bond acceptors (Lipinski definition) is 6. The van der Waals surface area contributed by atoms with Crippen molar-refractivity contribution >= 4 is 17.9 Å². The molecule has 0 bridgehead atoms. The molecule has 9 nitrogen and oxygen atoms in total. The summed E-state index contributed by atoms with van der Waals surface area (Å²) in [5.41, 5.74) is 7.23. The first-order valence-electron chi connectivity index (χ1n) is 6.02. The zero-order valence-corrected chi connectivity index (χ0v) is 11.5. The molecular weight excluding hydrogens is 292 g/mol. The van der Waals surface area contributed by atoms with Crippen molar-refractivity contribution in [3.63, 3.8) is 0 Å². The smallest absolute Gasteiger partial charge is 0.332 e. The number of hydrogen-bond donors (Lipinski definition) is 2. The van der Waals surface area contributed by atoms with Crippen LogP contribution in [0.4, 0.5) is 10.5 Å². The number of furan rings is 1. The summed E-state index contributed by atoms with van der Waals surface area (Å²) in [6.07, 6.45) is 1.25. The maximum atomic E-state index is 10.9. The van der Waals surface area contributed by atoms with Crippen LogP contribution in [-0.2, 0) is 0 Å². The van der Waals surface area contributed by atoms with Crippen molar-refractivity contribution in [3.05, 3.63) is 46.2 Å². The van der Waals surface area contributed by atoms with Gasteiger partial charge in [0, 0.05) is 12.1 Å². The van der Waals surface area contributed by atoms with Crippen molar-refractivity contribution in [2.75, 3.05) is 7.11 Å². The quantitative estimate of drug-likeness (QED) is 0.494. The van der Waals surface area contributed by atoms with Crippen LogP contribution in [-0.4, -0.2) is 24.3 Å². The summed E-state index contributed by atoms with van der Waals surface area (Å²) in [6.45, 7) is 0. The van der Waals surface area contributed by atoms with Gasteiger partial charge >= 0.3 is 6.03 Å². The van der Waals surface area contributed by atoms with E-state index in [4.69, 9.17) is 14.9 Å². The third-order valence-electron chi connectivity index (χ3n) is 2.65. The fraction of sp³-hybridized carbons (Fsp3) is 0.0769. The number of carbonyl (C=O) groups excluding carboxylic acids is 1. The fourth-order valence-corrected chi connectivity index (χ4v) is 1.73. The number of rotatable bonds is 5. The molecular formula is C13H12N4O5. The first-order chi connectivity index (χ1) is 10.5. The molecule has 9 heteroatoms. The monoisotopic (exact) mass is 304 g/mol. The number of nitrogens with two attached hydrogens (primary N) is 1. The molecule has 0 spiro atoms. The van der Waals surface area contributed by atoms with Crippen molar-refractivity contribution in [1.82, 2.24) is 5.43 Å². The minimum absolute atomic E-state index is 0.0854. The average molecular weight is 304 g/mol. The number of nitro benzene ring substituents is 1. The molecule has 0 radical (unpaired) electrons. The number of ether oxygens (including phenoxy) is 1. The van der Waals surface area contributed by atoms with Crippen molar-refractivity contribution in [3.8, 4) is 17.1 Å². The third kappa shape index (κ3) is 3.39. The van der Waals surface area contributed by atoms with Crippen LogP contribution in [0.3, 0.4) is 0 Å². The molecule has 2 rings (SSSR count). The molecule has 0 atom stereocenters. The number of benzene rings is 1. The first kappa shape index (κ1) is 15.0. The van der Waals surface area contributed by atoms with Crippen molar-refractivity contribution < 1.29 is 18.9 Å². The second kappa shape index (κ2) is 6.39. The number of primary amides is 1. The van der Waals surface area contributed by atoms with Gasteiger partial charge < -0.3 is 14.9 Å². The van der Waals surface area contributed by atoms with Gasteiger partial charge in [0.05, 0.1) is 23.8 Å². The summed E-state index contributed by atoms with van der Waals surface area (Å²) in [4.78, 5) is 20.8. The minimum Gasteiger partial charge on any atom is -0.496 e. The van der Waals surface area contributed by atoms with E-state index < -0.39 is 11.0 Å². The van der Waals surface area contributed by atoms with Gasteiger partial charge in [0.1, 0.15) is 17.3 Å². The van der Waals surface area contributed by atoms with E-state index in [1.54, 1.807) is 12.1 Å². The lowest BCUT2D eigenvalue weighted by molar-refractivity contribution is -0.384. The Hall–Kier alpha value is -3.36. The van der Waals surface area contributed by atoms with Crippen LogP contribution in [0.2, 0.25) is 0 Å². The molecule has 1 aromatic carbocycles. The number of carbonyl (C=O) groups is 1. The highest BCUT2D eigenvalue weighted by Gasteiger charge is 2.15. The molecule has 0 unspecified atom stereocenters.